The van der Waals surface area contributed by atoms with Crippen LogP contribution < -0.4 is 5.73 Å². The molecule has 0 atom stereocenters. The van der Waals surface area contributed by atoms with Gasteiger partial charge in [0.15, 0.2) is 0 Å². The first-order valence-corrected chi connectivity index (χ1v) is 8.43. The molecule has 2 rings (SSSR count). The molecule has 5 nitrogen and oxygen atoms in total. The summed E-state index contributed by atoms with van der Waals surface area (Å²) in [5, 5.41) is 0. The SMILES string of the molecule is CCOC(=O)c1ccc(Br)cc1F.CCOC(=O)c1ccc(N)cc1F. The van der Waals surface area contributed by atoms with Crippen molar-refractivity contribution in [2.24, 2.45) is 0 Å². The molecule has 0 radical (unpaired) electrons. The summed E-state index contributed by atoms with van der Waals surface area (Å²) in [6, 6.07) is 8.06. The van der Waals surface area contributed by atoms with Crippen LogP contribution in [-0.2, 0) is 9.47 Å². The van der Waals surface area contributed by atoms with Gasteiger partial charge in [0.05, 0.1) is 24.3 Å². The van der Waals surface area contributed by atoms with Gasteiger partial charge in [-0.05, 0) is 50.2 Å². The van der Waals surface area contributed by atoms with Crippen LogP contribution in [0.3, 0.4) is 0 Å². The standard InChI is InChI=1S/C9H8BrFO2.C9H10FNO2/c1-2-13-9(12)7-4-3-6(10)5-8(7)11;1-2-13-9(12)7-4-3-6(11)5-8(7)10/h3-5H,2H2,1H3;3-5H,2,11H2,1H3. The number of benzene rings is 2. The van der Waals surface area contributed by atoms with Crippen molar-refractivity contribution in [1.29, 1.82) is 0 Å². The molecular weight excluding hydrogens is 412 g/mol. The molecular formula is C18H18BrF2NO4. The molecule has 0 aliphatic carbocycles. The van der Waals surface area contributed by atoms with Gasteiger partial charge in [-0.1, -0.05) is 15.9 Å². The van der Waals surface area contributed by atoms with Crippen molar-refractivity contribution < 1.29 is 27.8 Å². The number of esters is 2. The van der Waals surface area contributed by atoms with Gasteiger partial charge in [0.2, 0.25) is 0 Å². The average Bonchev–Trinajstić information content (AvgIpc) is 2.55. The van der Waals surface area contributed by atoms with Crippen molar-refractivity contribution in [2.45, 2.75) is 13.8 Å². The fraction of sp³-hybridized carbons (Fsp3) is 0.222. The topological polar surface area (TPSA) is 78.6 Å². The van der Waals surface area contributed by atoms with Crippen molar-refractivity contribution in [3.8, 4) is 0 Å². The van der Waals surface area contributed by atoms with Crippen LogP contribution in [-0.4, -0.2) is 25.2 Å². The lowest BCUT2D eigenvalue weighted by atomic mass is 10.2. The summed E-state index contributed by atoms with van der Waals surface area (Å²) in [5.41, 5.74) is 5.47. The molecule has 0 unspecified atom stereocenters. The zero-order valence-electron chi connectivity index (χ0n) is 14.2. The van der Waals surface area contributed by atoms with E-state index in [4.69, 9.17) is 5.73 Å². The molecule has 0 fully saturated rings. The first-order valence-electron chi connectivity index (χ1n) is 7.64. The Morgan fingerprint density at radius 3 is 1.81 bits per heavy atom. The third-order valence-electron chi connectivity index (χ3n) is 2.91. The molecule has 26 heavy (non-hydrogen) atoms. The van der Waals surface area contributed by atoms with E-state index in [9.17, 15) is 18.4 Å². The highest BCUT2D eigenvalue weighted by Crippen LogP contribution is 2.16. The maximum absolute atomic E-state index is 13.1. The van der Waals surface area contributed by atoms with Crippen LogP contribution >= 0.6 is 15.9 Å². The van der Waals surface area contributed by atoms with E-state index in [1.54, 1.807) is 19.9 Å². The van der Waals surface area contributed by atoms with Gasteiger partial charge in [-0.2, -0.15) is 0 Å². The van der Waals surface area contributed by atoms with Gasteiger partial charge in [0, 0.05) is 10.2 Å². The van der Waals surface area contributed by atoms with E-state index in [1.807, 2.05) is 0 Å². The molecule has 0 amide bonds. The zero-order valence-corrected chi connectivity index (χ0v) is 15.8. The van der Waals surface area contributed by atoms with Crippen LogP contribution in [0.4, 0.5) is 14.5 Å². The Balaban J connectivity index is 0.000000260. The molecule has 0 aromatic heterocycles. The van der Waals surface area contributed by atoms with E-state index in [-0.39, 0.29) is 30.0 Å². The molecule has 0 heterocycles. The summed E-state index contributed by atoms with van der Waals surface area (Å²) >= 11 is 3.09. The number of hydrogen-bond acceptors (Lipinski definition) is 5. The Kier molecular flexibility index (Phi) is 8.71. The maximum atomic E-state index is 13.1. The van der Waals surface area contributed by atoms with E-state index < -0.39 is 23.6 Å². The lowest BCUT2D eigenvalue weighted by molar-refractivity contribution is 0.0511. The van der Waals surface area contributed by atoms with Gasteiger partial charge in [-0.3, -0.25) is 0 Å². The van der Waals surface area contributed by atoms with Crippen LogP contribution in [0, 0.1) is 11.6 Å². The Labute approximate surface area is 158 Å². The number of rotatable bonds is 4. The molecule has 2 N–H and O–H groups in total. The fourth-order valence-electron chi connectivity index (χ4n) is 1.77. The van der Waals surface area contributed by atoms with E-state index >= 15 is 0 Å². The Bertz CT molecular complexity index is 718. The van der Waals surface area contributed by atoms with Gasteiger partial charge in [0.1, 0.15) is 11.6 Å². The van der Waals surface area contributed by atoms with Gasteiger partial charge in [-0.15, -0.1) is 0 Å². The summed E-state index contributed by atoms with van der Waals surface area (Å²) < 4.78 is 36.0. The molecule has 2 aromatic carbocycles. The highest BCUT2D eigenvalue weighted by atomic mass is 79.9. The van der Waals surface area contributed by atoms with Crippen LogP contribution in [0.25, 0.3) is 0 Å². The van der Waals surface area contributed by atoms with E-state index in [0.717, 1.165) is 6.07 Å². The number of nitrogens with two attached hydrogens (primary N) is 1. The number of halogens is 3. The summed E-state index contributed by atoms with van der Waals surface area (Å²) in [4.78, 5) is 22.2. The van der Waals surface area contributed by atoms with E-state index in [2.05, 4.69) is 25.4 Å². The molecule has 0 saturated heterocycles. The maximum Gasteiger partial charge on any atom is 0.341 e. The molecule has 0 spiro atoms. The number of carbonyl (C=O) groups is 2. The zero-order chi connectivity index (χ0) is 19.7. The minimum absolute atomic E-state index is 0.0370. The second-order valence-electron chi connectivity index (χ2n) is 4.80. The largest absolute Gasteiger partial charge is 0.462 e. The van der Waals surface area contributed by atoms with Crippen molar-refractivity contribution in [2.75, 3.05) is 18.9 Å². The van der Waals surface area contributed by atoms with E-state index in [1.165, 1.54) is 24.3 Å². The number of hydrogen-bond donors (Lipinski definition) is 1. The van der Waals surface area contributed by atoms with Crippen LogP contribution in [0.1, 0.15) is 34.6 Å². The highest BCUT2D eigenvalue weighted by Gasteiger charge is 2.12. The second kappa shape index (κ2) is 10.5. The molecule has 0 aliphatic heterocycles. The highest BCUT2D eigenvalue weighted by molar-refractivity contribution is 9.10. The third-order valence-corrected chi connectivity index (χ3v) is 3.41. The number of anilines is 1. The minimum atomic E-state index is -0.667. The van der Waals surface area contributed by atoms with Crippen molar-refractivity contribution in [1.82, 2.24) is 0 Å². The van der Waals surface area contributed by atoms with Gasteiger partial charge in [0.25, 0.3) is 0 Å². The number of nitrogen functional groups attached to an aromatic ring is 1. The summed E-state index contributed by atoms with van der Waals surface area (Å²) in [7, 11) is 0. The molecule has 2 aromatic rings. The third kappa shape index (κ3) is 6.44. The lowest BCUT2D eigenvalue weighted by Gasteiger charge is -2.02. The quantitative estimate of drug-likeness (QED) is 0.577. The minimum Gasteiger partial charge on any atom is -0.462 e. The summed E-state index contributed by atoms with van der Waals surface area (Å²) in [6.07, 6.45) is 0. The van der Waals surface area contributed by atoms with Crippen molar-refractivity contribution >= 4 is 33.6 Å². The second-order valence-corrected chi connectivity index (χ2v) is 5.72. The molecule has 0 bridgehead atoms. The Morgan fingerprint density at radius 1 is 0.923 bits per heavy atom. The van der Waals surface area contributed by atoms with Crippen LogP contribution in [0.2, 0.25) is 0 Å². The van der Waals surface area contributed by atoms with Gasteiger partial charge >= 0.3 is 11.9 Å². The smallest absolute Gasteiger partial charge is 0.341 e. The molecule has 140 valence electrons. The average molecular weight is 430 g/mol. The van der Waals surface area contributed by atoms with Crippen molar-refractivity contribution in [3.05, 3.63) is 63.6 Å². The fourth-order valence-corrected chi connectivity index (χ4v) is 2.10. The normalized spacial score (nSPS) is 9.73. The monoisotopic (exact) mass is 429 g/mol. The molecule has 0 aliphatic rings. The predicted octanol–water partition coefficient (Wildman–Crippen LogP) is 4.35. The first-order chi connectivity index (χ1) is 12.3. The van der Waals surface area contributed by atoms with Gasteiger partial charge in [-0.25, -0.2) is 18.4 Å². The Hall–Kier alpha value is -2.48. The van der Waals surface area contributed by atoms with Crippen LogP contribution in [0.5, 0.6) is 0 Å². The van der Waals surface area contributed by atoms with Crippen molar-refractivity contribution in [3.63, 3.8) is 0 Å². The molecule has 8 heteroatoms. The predicted molar refractivity (Wildman–Crippen MR) is 96.8 cm³/mol. The lowest BCUT2D eigenvalue weighted by Crippen LogP contribution is -2.07. The van der Waals surface area contributed by atoms with Crippen LogP contribution in [0.15, 0.2) is 40.9 Å². The first kappa shape index (κ1) is 21.6. The number of carbonyl (C=O) groups excluding carboxylic acids is 2. The van der Waals surface area contributed by atoms with E-state index in [0.29, 0.717) is 4.47 Å². The number of ether oxygens (including phenoxy) is 2. The molecule has 0 saturated carbocycles. The summed E-state index contributed by atoms with van der Waals surface area (Å²) in [6.45, 7) is 3.80. The van der Waals surface area contributed by atoms with Gasteiger partial charge < -0.3 is 15.2 Å². The summed E-state index contributed by atoms with van der Waals surface area (Å²) in [5.74, 6) is -2.53. The Morgan fingerprint density at radius 2 is 1.38 bits per heavy atom.